The smallest absolute Gasteiger partial charge is 0.235 e. The number of aliphatic hydroxyl groups is 1. The third kappa shape index (κ3) is 2.24. The Morgan fingerprint density at radius 3 is 2.67 bits per heavy atom. The normalized spacial score (nSPS) is 30.7. The van der Waals surface area contributed by atoms with E-state index in [1.807, 2.05) is 6.92 Å². The van der Waals surface area contributed by atoms with Crippen molar-refractivity contribution in [1.29, 1.82) is 0 Å². The molecule has 0 aromatic heterocycles. The van der Waals surface area contributed by atoms with E-state index in [1.54, 1.807) is 4.90 Å². The minimum absolute atomic E-state index is 0.00912. The topological polar surface area (TPSA) is 75.8 Å². The molecule has 2 aliphatic rings. The van der Waals surface area contributed by atoms with Crippen LogP contribution in [0.4, 0.5) is 0 Å². The lowest BCUT2D eigenvalue weighted by molar-refractivity contribution is -0.157. The summed E-state index contributed by atoms with van der Waals surface area (Å²) in [6.45, 7) is 2.79. The van der Waals surface area contributed by atoms with Crippen molar-refractivity contribution >= 4 is 23.1 Å². The fourth-order valence-electron chi connectivity index (χ4n) is 2.71. The zero-order valence-electron chi connectivity index (χ0n) is 10.6. The van der Waals surface area contributed by atoms with Gasteiger partial charge in [-0.1, -0.05) is 18.6 Å². The predicted molar refractivity (Wildman–Crippen MR) is 71.1 cm³/mol. The van der Waals surface area contributed by atoms with E-state index in [2.05, 4.69) is 0 Å². The average Bonchev–Trinajstić information content (AvgIpc) is 2.25. The maximum atomic E-state index is 12.6. The number of carbonyl (C=O) groups is 1. The molecule has 2 fully saturated rings. The summed E-state index contributed by atoms with van der Waals surface area (Å²) < 4.78 is 5.53. The Bertz CT molecular complexity index is 357. The zero-order valence-corrected chi connectivity index (χ0v) is 11.4. The van der Waals surface area contributed by atoms with Crippen LogP contribution in [0, 0.1) is 5.41 Å². The maximum absolute atomic E-state index is 12.6. The van der Waals surface area contributed by atoms with E-state index >= 15 is 0 Å². The fraction of sp³-hybridized carbons (Fsp3) is 0.833. The highest BCUT2D eigenvalue weighted by molar-refractivity contribution is 7.80. The number of nitrogens with two attached hydrogens (primary N) is 1. The Labute approximate surface area is 112 Å². The molecule has 1 amide bonds. The molecule has 6 heteroatoms. The largest absolute Gasteiger partial charge is 0.394 e. The maximum Gasteiger partial charge on any atom is 0.235 e. The standard InChI is InChI=1S/C12H20N2O3S/c1-8-5-14(6-9(7-15)17-8)11(16)12(10(13)18)3-2-4-12/h8-9,15H,2-7H2,1H3,(H2,13,18). The Morgan fingerprint density at radius 2 is 2.22 bits per heavy atom. The summed E-state index contributed by atoms with van der Waals surface area (Å²) >= 11 is 5.06. The minimum Gasteiger partial charge on any atom is -0.394 e. The van der Waals surface area contributed by atoms with Gasteiger partial charge in [-0.2, -0.15) is 0 Å². The summed E-state index contributed by atoms with van der Waals surface area (Å²) in [6, 6.07) is 0. The number of hydrogen-bond donors (Lipinski definition) is 2. The van der Waals surface area contributed by atoms with E-state index in [0.29, 0.717) is 18.1 Å². The van der Waals surface area contributed by atoms with Crippen LogP contribution >= 0.6 is 12.2 Å². The lowest BCUT2D eigenvalue weighted by Gasteiger charge is -2.45. The van der Waals surface area contributed by atoms with Crippen LogP contribution in [0.3, 0.4) is 0 Å². The van der Waals surface area contributed by atoms with Gasteiger partial charge in [0.1, 0.15) is 0 Å². The number of ether oxygens (including phenoxy) is 1. The van der Waals surface area contributed by atoms with Crippen LogP contribution < -0.4 is 5.73 Å². The van der Waals surface area contributed by atoms with E-state index in [-0.39, 0.29) is 24.7 Å². The Hall–Kier alpha value is -0.720. The van der Waals surface area contributed by atoms with E-state index in [4.69, 9.17) is 22.7 Å². The first-order valence-electron chi connectivity index (χ1n) is 6.35. The number of morpholine rings is 1. The molecule has 0 bridgehead atoms. The van der Waals surface area contributed by atoms with Gasteiger partial charge in [-0.3, -0.25) is 4.79 Å². The minimum atomic E-state index is -0.633. The van der Waals surface area contributed by atoms with Crippen molar-refractivity contribution in [3.8, 4) is 0 Å². The number of carbonyl (C=O) groups excluding carboxylic acids is 1. The van der Waals surface area contributed by atoms with Gasteiger partial charge in [0.05, 0.1) is 29.2 Å². The van der Waals surface area contributed by atoms with Gasteiger partial charge in [0.25, 0.3) is 0 Å². The molecule has 0 aromatic carbocycles. The van der Waals surface area contributed by atoms with Crippen LogP contribution in [0.1, 0.15) is 26.2 Å². The summed E-state index contributed by atoms with van der Waals surface area (Å²) in [7, 11) is 0. The van der Waals surface area contributed by atoms with Gasteiger partial charge in [0.15, 0.2) is 0 Å². The molecule has 1 saturated heterocycles. The van der Waals surface area contributed by atoms with Gasteiger partial charge in [-0.05, 0) is 19.8 Å². The Morgan fingerprint density at radius 1 is 1.56 bits per heavy atom. The molecule has 1 aliphatic heterocycles. The Balaban J connectivity index is 2.10. The van der Waals surface area contributed by atoms with Crippen LogP contribution in [0.2, 0.25) is 0 Å². The number of nitrogens with zero attached hydrogens (tertiary/aromatic N) is 1. The molecule has 0 spiro atoms. The molecule has 2 rings (SSSR count). The summed E-state index contributed by atoms with van der Waals surface area (Å²) in [5, 5.41) is 9.18. The molecule has 1 saturated carbocycles. The first kappa shape index (κ1) is 13.7. The highest BCUT2D eigenvalue weighted by Gasteiger charge is 2.49. The van der Waals surface area contributed by atoms with Crippen LogP contribution in [0.5, 0.6) is 0 Å². The number of hydrogen-bond acceptors (Lipinski definition) is 4. The van der Waals surface area contributed by atoms with Crippen LogP contribution in [0.25, 0.3) is 0 Å². The predicted octanol–water partition coefficient (Wildman–Crippen LogP) is 0.0510. The number of rotatable bonds is 3. The van der Waals surface area contributed by atoms with Gasteiger partial charge in [-0.25, -0.2) is 0 Å². The SMILES string of the molecule is CC1CN(C(=O)C2(C(N)=S)CCC2)CC(CO)O1. The van der Waals surface area contributed by atoms with Crippen molar-refractivity contribution in [2.24, 2.45) is 11.1 Å². The quantitative estimate of drug-likeness (QED) is 0.710. The second-order valence-corrected chi connectivity index (χ2v) is 5.70. The molecule has 102 valence electrons. The fourth-order valence-corrected chi connectivity index (χ4v) is 3.00. The van der Waals surface area contributed by atoms with Gasteiger partial charge in [0, 0.05) is 13.1 Å². The molecule has 1 aliphatic carbocycles. The van der Waals surface area contributed by atoms with Gasteiger partial charge >= 0.3 is 0 Å². The molecule has 3 N–H and O–H groups in total. The lowest BCUT2D eigenvalue weighted by Crippen LogP contribution is -2.59. The van der Waals surface area contributed by atoms with E-state index in [0.717, 1.165) is 19.3 Å². The van der Waals surface area contributed by atoms with E-state index < -0.39 is 5.41 Å². The molecule has 0 radical (unpaired) electrons. The summed E-state index contributed by atoms with van der Waals surface area (Å²) in [6.07, 6.45) is 2.12. The van der Waals surface area contributed by atoms with Crippen molar-refractivity contribution in [2.75, 3.05) is 19.7 Å². The highest BCUT2D eigenvalue weighted by Crippen LogP contribution is 2.43. The summed E-state index contributed by atoms with van der Waals surface area (Å²) in [4.78, 5) is 14.6. The van der Waals surface area contributed by atoms with Crippen LogP contribution in [-0.2, 0) is 9.53 Å². The molecular weight excluding hydrogens is 252 g/mol. The van der Waals surface area contributed by atoms with E-state index in [9.17, 15) is 9.90 Å². The van der Waals surface area contributed by atoms with Crippen LogP contribution in [0.15, 0.2) is 0 Å². The molecule has 2 atom stereocenters. The highest BCUT2D eigenvalue weighted by atomic mass is 32.1. The zero-order chi connectivity index (χ0) is 13.3. The van der Waals surface area contributed by atoms with Crippen molar-refractivity contribution < 1.29 is 14.6 Å². The lowest BCUT2D eigenvalue weighted by atomic mass is 9.67. The van der Waals surface area contributed by atoms with Crippen molar-refractivity contribution in [3.63, 3.8) is 0 Å². The second kappa shape index (κ2) is 5.11. The summed E-state index contributed by atoms with van der Waals surface area (Å²) in [5.41, 5.74) is 5.11. The second-order valence-electron chi connectivity index (χ2n) is 5.26. The molecule has 0 aromatic rings. The Kier molecular flexibility index (Phi) is 3.89. The molecule has 5 nitrogen and oxygen atoms in total. The average molecular weight is 272 g/mol. The first-order valence-corrected chi connectivity index (χ1v) is 6.76. The van der Waals surface area contributed by atoms with Crippen LogP contribution in [-0.4, -0.2) is 52.8 Å². The number of amides is 1. The third-order valence-electron chi connectivity index (χ3n) is 3.91. The summed E-state index contributed by atoms with van der Waals surface area (Å²) in [5.74, 6) is 0.00912. The molecule has 18 heavy (non-hydrogen) atoms. The van der Waals surface area contributed by atoms with E-state index in [1.165, 1.54) is 0 Å². The molecular formula is C12H20N2O3S. The van der Waals surface area contributed by atoms with Gasteiger partial charge < -0.3 is 20.5 Å². The van der Waals surface area contributed by atoms with Gasteiger partial charge in [0.2, 0.25) is 5.91 Å². The number of thiocarbonyl (C=S) groups is 1. The molecule has 1 heterocycles. The van der Waals surface area contributed by atoms with Crippen molar-refractivity contribution in [3.05, 3.63) is 0 Å². The third-order valence-corrected chi connectivity index (χ3v) is 4.30. The monoisotopic (exact) mass is 272 g/mol. The number of aliphatic hydroxyl groups excluding tert-OH is 1. The molecule has 2 unspecified atom stereocenters. The van der Waals surface area contributed by atoms with Crippen molar-refractivity contribution in [1.82, 2.24) is 4.90 Å². The van der Waals surface area contributed by atoms with Crippen molar-refractivity contribution in [2.45, 2.75) is 38.4 Å². The first-order chi connectivity index (χ1) is 8.49. The van der Waals surface area contributed by atoms with Gasteiger partial charge in [-0.15, -0.1) is 0 Å².